The Labute approximate surface area is 199 Å². The van der Waals surface area contributed by atoms with E-state index in [0.29, 0.717) is 29.7 Å². The van der Waals surface area contributed by atoms with Crippen LogP contribution >= 0.6 is 0 Å². The van der Waals surface area contributed by atoms with Gasteiger partial charge in [0.05, 0.1) is 16.9 Å². The van der Waals surface area contributed by atoms with Gasteiger partial charge in [0.2, 0.25) is 5.91 Å². The summed E-state index contributed by atoms with van der Waals surface area (Å²) in [6.07, 6.45) is 0.592. The number of benzene rings is 3. The van der Waals surface area contributed by atoms with Gasteiger partial charge in [-0.2, -0.15) is 0 Å². The van der Waals surface area contributed by atoms with Crippen LogP contribution in [0.15, 0.2) is 83.7 Å². The fourth-order valence-electron chi connectivity index (χ4n) is 4.94. The maximum atomic E-state index is 14.0. The number of hydrogen-bond acceptors (Lipinski definition) is 3. The molecule has 0 unspecified atom stereocenters. The molecule has 0 bridgehead atoms. The average molecular weight is 452 g/mol. The molecule has 3 aromatic carbocycles. The first kappa shape index (κ1) is 22.1. The minimum Gasteiger partial charge on any atom is -0.326 e. The van der Waals surface area contributed by atoms with Crippen LogP contribution in [0.25, 0.3) is 10.9 Å². The summed E-state index contributed by atoms with van der Waals surface area (Å²) < 4.78 is 1.68. The van der Waals surface area contributed by atoms with Crippen LogP contribution in [-0.2, 0) is 17.8 Å². The van der Waals surface area contributed by atoms with Crippen molar-refractivity contribution in [3.05, 3.63) is 112 Å². The van der Waals surface area contributed by atoms with Crippen molar-refractivity contribution >= 4 is 16.8 Å². The summed E-state index contributed by atoms with van der Waals surface area (Å²) >= 11 is 0. The lowest BCUT2D eigenvalue weighted by molar-refractivity contribution is -0.142. The van der Waals surface area contributed by atoms with Crippen LogP contribution in [0.4, 0.5) is 0 Å². The summed E-state index contributed by atoms with van der Waals surface area (Å²) in [7, 11) is 0. The van der Waals surface area contributed by atoms with Crippen LogP contribution in [0.5, 0.6) is 0 Å². The Balaban J connectivity index is 1.72. The summed E-state index contributed by atoms with van der Waals surface area (Å²) in [4.78, 5) is 34.6. The first-order valence-corrected chi connectivity index (χ1v) is 11.8. The summed E-state index contributed by atoms with van der Waals surface area (Å²) in [5, 5.41) is 0.551. The zero-order valence-corrected chi connectivity index (χ0v) is 19.8. The van der Waals surface area contributed by atoms with Gasteiger partial charge >= 0.3 is 0 Å². The summed E-state index contributed by atoms with van der Waals surface area (Å²) in [5.41, 5.74) is 3.89. The SMILES string of the molecule is Cc1ccc(C[C@H]2c3nc4ccccc4c(=O)n3[C@@H](C(C)C)C(=O)N2Cc2ccccc2)cc1. The van der Waals surface area contributed by atoms with Crippen molar-refractivity contribution in [1.82, 2.24) is 14.5 Å². The highest BCUT2D eigenvalue weighted by Gasteiger charge is 2.42. The third kappa shape index (κ3) is 3.92. The molecule has 0 radical (unpaired) electrons. The Morgan fingerprint density at radius 2 is 1.53 bits per heavy atom. The van der Waals surface area contributed by atoms with E-state index in [-0.39, 0.29) is 23.4 Å². The Morgan fingerprint density at radius 3 is 2.24 bits per heavy atom. The van der Waals surface area contributed by atoms with Gasteiger partial charge in [0.1, 0.15) is 11.9 Å². The van der Waals surface area contributed by atoms with Crippen molar-refractivity contribution < 1.29 is 4.79 Å². The van der Waals surface area contributed by atoms with Gasteiger partial charge in [0.15, 0.2) is 0 Å². The molecule has 0 spiro atoms. The Kier molecular flexibility index (Phi) is 5.78. The van der Waals surface area contributed by atoms with Gasteiger partial charge < -0.3 is 4.90 Å². The van der Waals surface area contributed by atoms with Crippen molar-refractivity contribution in [2.75, 3.05) is 0 Å². The highest BCUT2D eigenvalue weighted by molar-refractivity contribution is 5.84. The van der Waals surface area contributed by atoms with Gasteiger partial charge in [-0.05, 0) is 36.1 Å². The minimum absolute atomic E-state index is 0.0253. The summed E-state index contributed by atoms with van der Waals surface area (Å²) in [6, 6.07) is 24.9. The highest BCUT2D eigenvalue weighted by atomic mass is 16.2. The molecule has 1 amide bonds. The van der Waals surface area contributed by atoms with E-state index in [1.54, 1.807) is 10.6 Å². The zero-order chi connectivity index (χ0) is 23.8. The number of para-hydroxylation sites is 1. The number of aromatic nitrogens is 2. The number of rotatable bonds is 5. The number of amides is 1. The van der Waals surface area contributed by atoms with E-state index in [1.165, 1.54) is 5.56 Å². The smallest absolute Gasteiger partial charge is 0.262 e. The molecule has 1 aromatic heterocycles. The van der Waals surface area contributed by atoms with Gasteiger partial charge in [-0.15, -0.1) is 0 Å². The number of aryl methyl sites for hydroxylation is 1. The lowest BCUT2D eigenvalue weighted by atomic mass is 9.93. The molecule has 5 nitrogen and oxygen atoms in total. The van der Waals surface area contributed by atoms with Crippen molar-refractivity contribution in [2.45, 2.75) is 45.8 Å². The third-order valence-electron chi connectivity index (χ3n) is 6.70. The first-order chi connectivity index (χ1) is 16.4. The van der Waals surface area contributed by atoms with Gasteiger partial charge in [0, 0.05) is 13.0 Å². The third-order valence-corrected chi connectivity index (χ3v) is 6.70. The van der Waals surface area contributed by atoms with Crippen molar-refractivity contribution in [3.8, 4) is 0 Å². The number of carbonyl (C=O) groups excluding carboxylic acids is 1. The van der Waals surface area contributed by atoms with E-state index in [4.69, 9.17) is 4.98 Å². The molecular weight excluding hydrogens is 422 g/mol. The van der Waals surface area contributed by atoms with Crippen molar-refractivity contribution in [3.63, 3.8) is 0 Å². The summed E-state index contributed by atoms with van der Waals surface area (Å²) in [6.45, 7) is 6.53. The highest BCUT2D eigenvalue weighted by Crippen LogP contribution is 2.37. The van der Waals surface area contributed by atoms with E-state index in [1.807, 2.05) is 67.3 Å². The van der Waals surface area contributed by atoms with Crippen LogP contribution in [0.2, 0.25) is 0 Å². The molecule has 1 aliphatic heterocycles. The van der Waals surface area contributed by atoms with Crippen molar-refractivity contribution in [1.29, 1.82) is 0 Å². The molecule has 2 atom stereocenters. The summed E-state index contributed by atoms with van der Waals surface area (Å²) in [5.74, 6) is 0.590. The Bertz CT molecular complexity index is 1390. The largest absolute Gasteiger partial charge is 0.326 e. The van der Waals surface area contributed by atoms with Gasteiger partial charge in [-0.1, -0.05) is 86.1 Å². The predicted molar refractivity (Wildman–Crippen MR) is 134 cm³/mol. The molecule has 0 N–H and O–H groups in total. The molecular formula is C29H29N3O2. The van der Waals surface area contributed by atoms with Gasteiger partial charge in [-0.25, -0.2) is 4.98 Å². The van der Waals surface area contributed by atoms with E-state index in [0.717, 1.165) is 11.1 Å². The zero-order valence-electron chi connectivity index (χ0n) is 19.8. The standard InChI is InChI=1S/C29H29N3O2/c1-19(2)26-29(34)31(18-22-9-5-4-6-10-22)25(17-21-15-13-20(3)14-16-21)27-30-24-12-8-7-11-23(24)28(33)32(26)27/h4-16,19,25-26H,17-18H2,1-3H3/t25-,26-/m0/s1. The molecule has 0 saturated heterocycles. The molecule has 0 aliphatic carbocycles. The quantitative estimate of drug-likeness (QED) is 0.418. The molecule has 5 heteroatoms. The van der Waals surface area contributed by atoms with E-state index < -0.39 is 6.04 Å². The Morgan fingerprint density at radius 1 is 0.853 bits per heavy atom. The second-order valence-corrected chi connectivity index (χ2v) is 9.51. The number of carbonyl (C=O) groups is 1. The predicted octanol–water partition coefficient (Wildman–Crippen LogP) is 5.23. The molecule has 4 aromatic rings. The molecule has 34 heavy (non-hydrogen) atoms. The fourth-order valence-corrected chi connectivity index (χ4v) is 4.94. The molecule has 2 heterocycles. The molecule has 172 valence electrons. The monoisotopic (exact) mass is 451 g/mol. The van der Waals surface area contributed by atoms with Crippen molar-refractivity contribution in [2.24, 2.45) is 5.92 Å². The van der Waals surface area contributed by atoms with Gasteiger partial charge in [-0.3, -0.25) is 14.2 Å². The fraction of sp³-hybridized carbons (Fsp3) is 0.276. The molecule has 1 aliphatic rings. The van der Waals surface area contributed by atoms with E-state index >= 15 is 0 Å². The van der Waals surface area contributed by atoms with Crippen LogP contribution in [0, 0.1) is 12.8 Å². The van der Waals surface area contributed by atoms with Crippen LogP contribution in [0.3, 0.4) is 0 Å². The second-order valence-electron chi connectivity index (χ2n) is 9.51. The van der Waals surface area contributed by atoms with E-state index in [2.05, 4.69) is 31.2 Å². The number of hydrogen-bond donors (Lipinski definition) is 0. The minimum atomic E-state index is -0.586. The molecule has 0 fully saturated rings. The normalized spacial score (nSPS) is 17.9. The molecule has 0 saturated carbocycles. The van der Waals surface area contributed by atoms with Crippen LogP contribution in [0.1, 0.15) is 48.4 Å². The maximum Gasteiger partial charge on any atom is 0.262 e. The van der Waals surface area contributed by atoms with Crippen LogP contribution < -0.4 is 5.56 Å². The number of fused-ring (bicyclic) bond motifs is 2. The number of nitrogens with zero attached hydrogens (tertiary/aromatic N) is 3. The van der Waals surface area contributed by atoms with E-state index in [9.17, 15) is 9.59 Å². The molecule has 5 rings (SSSR count). The lowest BCUT2D eigenvalue weighted by Gasteiger charge is -2.42. The van der Waals surface area contributed by atoms with Crippen LogP contribution in [-0.4, -0.2) is 20.4 Å². The maximum absolute atomic E-state index is 14.0. The first-order valence-electron chi connectivity index (χ1n) is 11.8. The van der Waals surface area contributed by atoms with Gasteiger partial charge in [0.25, 0.3) is 5.56 Å². The topological polar surface area (TPSA) is 55.2 Å². The lowest BCUT2D eigenvalue weighted by Crippen LogP contribution is -2.51. The average Bonchev–Trinajstić information content (AvgIpc) is 2.84. The Hall–Kier alpha value is -3.73. The second kappa shape index (κ2) is 8.90.